The van der Waals surface area contributed by atoms with Gasteiger partial charge in [0.15, 0.2) is 0 Å². The lowest BCUT2D eigenvalue weighted by Gasteiger charge is -2.32. The molecule has 0 aliphatic carbocycles. The molecule has 0 unspecified atom stereocenters. The first-order valence-corrected chi connectivity index (χ1v) is 8.69. The van der Waals surface area contributed by atoms with Crippen molar-refractivity contribution in [2.45, 2.75) is 25.4 Å². The zero-order valence-corrected chi connectivity index (χ0v) is 15.1. The Morgan fingerprint density at radius 2 is 1.85 bits per heavy atom. The number of ether oxygens (including phenoxy) is 2. The van der Waals surface area contributed by atoms with Crippen molar-refractivity contribution >= 4 is 5.91 Å². The molecule has 1 aromatic carbocycles. The molecule has 2 heterocycles. The van der Waals surface area contributed by atoms with Crippen molar-refractivity contribution in [1.82, 2.24) is 20.2 Å². The summed E-state index contributed by atoms with van der Waals surface area (Å²) in [6.07, 6.45) is 6.39. The van der Waals surface area contributed by atoms with Gasteiger partial charge in [-0.1, -0.05) is 0 Å². The van der Waals surface area contributed by atoms with E-state index in [9.17, 15) is 4.79 Å². The molecule has 7 nitrogen and oxygen atoms in total. The van der Waals surface area contributed by atoms with Crippen molar-refractivity contribution in [3.63, 3.8) is 0 Å². The molecule has 7 heteroatoms. The number of piperidine rings is 1. The molecule has 138 valence electrons. The van der Waals surface area contributed by atoms with Crippen molar-refractivity contribution in [3.05, 3.63) is 48.0 Å². The van der Waals surface area contributed by atoms with Crippen LogP contribution in [0.4, 0.5) is 0 Å². The first-order chi connectivity index (χ1) is 12.7. The molecule has 0 radical (unpaired) electrons. The highest BCUT2D eigenvalue weighted by atomic mass is 16.5. The van der Waals surface area contributed by atoms with Gasteiger partial charge in [0.25, 0.3) is 5.91 Å². The topological polar surface area (TPSA) is 76.6 Å². The van der Waals surface area contributed by atoms with Crippen LogP contribution in [0.1, 0.15) is 28.9 Å². The Labute approximate surface area is 153 Å². The second kappa shape index (κ2) is 8.62. The van der Waals surface area contributed by atoms with Crippen molar-refractivity contribution < 1.29 is 14.3 Å². The Morgan fingerprint density at radius 3 is 2.42 bits per heavy atom. The van der Waals surface area contributed by atoms with Crippen LogP contribution < -0.4 is 14.8 Å². The lowest BCUT2D eigenvalue weighted by atomic mass is 10.0. The first kappa shape index (κ1) is 18.1. The molecule has 0 atom stereocenters. The largest absolute Gasteiger partial charge is 0.497 e. The van der Waals surface area contributed by atoms with Gasteiger partial charge in [-0.25, -0.2) is 4.98 Å². The molecule has 2 aromatic rings. The Kier molecular flexibility index (Phi) is 6.01. The van der Waals surface area contributed by atoms with Crippen molar-refractivity contribution in [2.75, 3.05) is 27.3 Å². The third-order valence-corrected chi connectivity index (χ3v) is 4.54. The number of aromatic nitrogens is 2. The summed E-state index contributed by atoms with van der Waals surface area (Å²) < 4.78 is 10.7. The Morgan fingerprint density at radius 1 is 1.15 bits per heavy atom. The second-order valence-corrected chi connectivity index (χ2v) is 6.34. The molecule has 3 rings (SSSR count). The van der Waals surface area contributed by atoms with Gasteiger partial charge in [0.2, 0.25) is 0 Å². The van der Waals surface area contributed by atoms with Gasteiger partial charge in [-0.15, -0.1) is 0 Å². The summed E-state index contributed by atoms with van der Waals surface area (Å²) in [5.41, 5.74) is 1.52. The van der Waals surface area contributed by atoms with Crippen LogP contribution >= 0.6 is 0 Å². The highest BCUT2D eigenvalue weighted by molar-refractivity contribution is 5.92. The molecule has 1 aromatic heterocycles. The number of rotatable bonds is 6. The number of carbonyl (C=O) groups excluding carboxylic acids is 1. The van der Waals surface area contributed by atoms with Gasteiger partial charge in [0.1, 0.15) is 17.2 Å². The quantitative estimate of drug-likeness (QED) is 0.852. The number of amides is 1. The maximum Gasteiger partial charge on any atom is 0.271 e. The van der Waals surface area contributed by atoms with Crippen molar-refractivity contribution in [1.29, 1.82) is 0 Å². The minimum absolute atomic E-state index is 0.158. The lowest BCUT2D eigenvalue weighted by molar-refractivity contribution is 0.0903. The third kappa shape index (κ3) is 4.70. The lowest BCUT2D eigenvalue weighted by Crippen LogP contribution is -2.44. The smallest absolute Gasteiger partial charge is 0.271 e. The normalized spacial score (nSPS) is 15.5. The van der Waals surface area contributed by atoms with E-state index in [0.29, 0.717) is 5.69 Å². The van der Waals surface area contributed by atoms with Gasteiger partial charge in [-0.3, -0.25) is 14.7 Å². The minimum Gasteiger partial charge on any atom is -0.497 e. The SMILES string of the molecule is COc1cc(CN2CCC(NC(=O)c3cnccn3)CC2)cc(OC)c1. The van der Waals surface area contributed by atoms with E-state index in [-0.39, 0.29) is 11.9 Å². The highest BCUT2D eigenvalue weighted by Crippen LogP contribution is 2.24. The van der Waals surface area contributed by atoms with Gasteiger partial charge in [-0.05, 0) is 30.5 Å². The Hall–Kier alpha value is -2.67. The number of hydrogen-bond donors (Lipinski definition) is 1. The van der Waals surface area contributed by atoms with E-state index < -0.39 is 0 Å². The summed E-state index contributed by atoms with van der Waals surface area (Å²) in [7, 11) is 3.31. The van der Waals surface area contributed by atoms with E-state index in [4.69, 9.17) is 9.47 Å². The van der Waals surface area contributed by atoms with Crippen LogP contribution in [0, 0.1) is 0 Å². The zero-order valence-electron chi connectivity index (χ0n) is 15.1. The molecule has 0 spiro atoms. The number of methoxy groups -OCH3 is 2. The van der Waals surface area contributed by atoms with Crippen LogP contribution in [0.25, 0.3) is 0 Å². The fourth-order valence-corrected chi connectivity index (χ4v) is 3.13. The van der Waals surface area contributed by atoms with Crippen LogP contribution in [0.15, 0.2) is 36.8 Å². The van der Waals surface area contributed by atoms with E-state index in [0.717, 1.165) is 49.5 Å². The van der Waals surface area contributed by atoms with Gasteiger partial charge < -0.3 is 14.8 Å². The number of hydrogen-bond acceptors (Lipinski definition) is 6. The molecule has 1 saturated heterocycles. The first-order valence-electron chi connectivity index (χ1n) is 8.69. The van der Waals surface area contributed by atoms with Crippen LogP contribution in [-0.4, -0.2) is 54.1 Å². The van der Waals surface area contributed by atoms with Gasteiger partial charge in [0.05, 0.1) is 20.4 Å². The van der Waals surface area contributed by atoms with E-state index in [1.165, 1.54) is 12.4 Å². The summed E-state index contributed by atoms with van der Waals surface area (Å²) in [6.45, 7) is 2.67. The van der Waals surface area contributed by atoms with Crippen LogP contribution in [-0.2, 0) is 6.54 Å². The average Bonchev–Trinajstić information content (AvgIpc) is 2.69. The molecule has 1 aliphatic heterocycles. The van der Waals surface area contributed by atoms with Gasteiger partial charge >= 0.3 is 0 Å². The van der Waals surface area contributed by atoms with Gasteiger partial charge in [-0.2, -0.15) is 0 Å². The van der Waals surface area contributed by atoms with Crippen molar-refractivity contribution in [2.24, 2.45) is 0 Å². The zero-order chi connectivity index (χ0) is 18.4. The Bertz CT molecular complexity index is 709. The standard InChI is InChI=1S/C19H24N4O3/c1-25-16-9-14(10-17(11-16)26-2)13-23-7-3-15(4-8-23)22-19(24)18-12-20-5-6-21-18/h5-6,9-12,15H,3-4,7-8,13H2,1-2H3,(H,22,24). The maximum absolute atomic E-state index is 12.2. The summed E-state index contributed by atoms with van der Waals surface area (Å²) in [6, 6.07) is 6.10. The highest BCUT2D eigenvalue weighted by Gasteiger charge is 2.22. The molecule has 1 N–H and O–H groups in total. The number of nitrogens with one attached hydrogen (secondary N) is 1. The molecule has 1 aliphatic rings. The molecular weight excluding hydrogens is 332 g/mol. The predicted molar refractivity (Wildman–Crippen MR) is 97.3 cm³/mol. The van der Waals surface area contributed by atoms with Crippen molar-refractivity contribution in [3.8, 4) is 11.5 Å². The summed E-state index contributed by atoms with van der Waals surface area (Å²) in [5, 5.41) is 3.05. The molecule has 0 saturated carbocycles. The number of likely N-dealkylation sites (tertiary alicyclic amines) is 1. The number of nitrogens with zero attached hydrogens (tertiary/aromatic N) is 3. The molecule has 1 amide bonds. The van der Waals surface area contributed by atoms with E-state index >= 15 is 0 Å². The van der Waals surface area contributed by atoms with Crippen LogP contribution in [0.2, 0.25) is 0 Å². The molecule has 0 bridgehead atoms. The minimum atomic E-state index is -0.158. The van der Waals surface area contributed by atoms with Crippen LogP contribution in [0.5, 0.6) is 11.5 Å². The van der Waals surface area contributed by atoms with E-state index in [1.807, 2.05) is 18.2 Å². The monoisotopic (exact) mass is 356 g/mol. The second-order valence-electron chi connectivity index (χ2n) is 6.34. The molecular formula is C19H24N4O3. The third-order valence-electron chi connectivity index (χ3n) is 4.54. The van der Waals surface area contributed by atoms with E-state index in [2.05, 4.69) is 20.2 Å². The summed E-state index contributed by atoms with van der Waals surface area (Å²) >= 11 is 0. The number of benzene rings is 1. The predicted octanol–water partition coefficient (Wildman–Crippen LogP) is 1.89. The van der Waals surface area contributed by atoms with E-state index in [1.54, 1.807) is 20.4 Å². The molecule has 1 fully saturated rings. The maximum atomic E-state index is 12.2. The fraction of sp³-hybridized carbons (Fsp3) is 0.421. The fourth-order valence-electron chi connectivity index (χ4n) is 3.13. The average molecular weight is 356 g/mol. The Balaban J connectivity index is 1.52. The number of carbonyl (C=O) groups is 1. The van der Waals surface area contributed by atoms with Gasteiger partial charge in [0, 0.05) is 44.1 Å². The molecule has 26 heavy (non-hydrogen) atoms. The summed E-state index contributed by atoms with van der Waals surface area (Å²) in [4.78, 5) is 22.5. The summed E-state index contributed by atoms with van der Waals surface area (Å²) in [5.74, 6) is 1.44. The van der Waals surface area contributed by atoms with Crippen LogP contribution in [0.3, 0.4) is 0 Å².